The van der Waals surface area contributed by atoms with Gasteiger partial charge in [0.2, 0.25) is 0 Å². The van der Waals surface area contributed by atoms with Crippen molar-refractivity contribution in [2.45, 2.75) is 12.8 Å². The highest BCUT2D eigenvalue weighted by molar-refractivity contribution is 14.1. The van der Waals surface area contributed by atoms with Crippen molar-refractivity contribution in [3.05, 3.63) is 33.1 Å². The second-order valence-electron chi connectivity index (χ2n) is 3.61. The summed E-state index contributed by atoms with van der Waals surface area (Å²) in [5.41, 5.74) is 0.856. The van der Waals surface area contributed by atoms with Crippen LogP contribution >= 0.6 is 22.6 Å². The third-order valence-electron chi connectivity index (χ3n) is 2.09. The molecule has 78 valence electrons. The highest BCUT2D eigenvalue weighted by atomic mass is 127. The van der Waals surface area contributed by atoms with Crippen LogP contribution in [-0.4, -0.2) is 25.5 Å². The van der Waals surface area contributed by atoms with E-state index in [9.17, 15) is 4.39 Å². The van der Waals surface area contributed by atoms with Crippen molar-refractivity contribution in [3.8, 4) is 0 Å². The number of nitrogens with zero attached hydrogens (tertiary/aromatic N) is 1. The first-order chi connectivity index (χ1) is 6.61. The first-order valence-electron chi connectivity index (χ1n) is 4.69. The van der Waals surface area contributed by atoms with Crippen molar-refractivity contribution in [1.29, 1.82) is 0 Å². The van der Waals surface area contributed by atoms with E-state index >= 15 is 0 Å². The molecule has 0 heterocycles. The molecule has 0 radical (unpaired) electrons. The maximum absolute atomic E-state index is 13.4. The van der Waals surface area contributed by atoms with Gasteiger partial charge in [0.05, 0.1) is 0 Å². The lowest BCUT2D eigenvalue weighted by atomic mass is 10.1. The van der Waals surface area contributed by atoms with Crippen LogP contribution in [0.15, 0.2) is 18.2 Å². The molecule has 1 aromatic rings. The molecular formula is C11H15FIN. The average molecular weight is 307 g/mol. The van der Waals surface area contributed by atoms with Crippen LogP contribution in [-0.2, 0) is 6.42 Å². The molecule has 0 fully saturated rings. The lowest BCUT2D eigenvalue weighted by Crippen LogP contribution is -2.14. The smallest absolute Gasteiger partial charge is 0.127 e. The number of hydrogen-bond donors (Lipinski definition) is 0. The molecule has 0 saturated heterocycles. The summed E-state index contributed by atoms with van der Waals surface area (Å²) in [7, 11) is 4.07. The Morgan fingerprint density at radius 3 is 2.64 bits per heavy atom. The Kier molecular flexibility index (Phi) is 4.81. The Morgan fingerprint density at radius 2 is 2.07 bits per heavy atom. The minimum Gasteiger partial charge on any atom is -0.309 e. The topological polar surface area (TPSA) is 3.24 Å². The monoisotopic (exact) mass is 307 g/mol. The first kappa shape index (κ1) is 11.9. The van der Waals surface area contributed by atoms with Gasteiger partial charge in [-0.1, -0.05) is 6.07 Å². The molecule has 0 bridgehead atoms. The van der Waals surface area contributed by atoms with Crippen molar-refractivity contribution in [2.75, 3.05) is 20.6 Å². The van der Waals surface area contributed by atoms with Gasteiger partial charge in [-0.25, -0.2) is 4.39 Å². The maximum Gasteiger partial charge on any atom is 0.127 e. The van der Waals surface area contributed by atoms with E-state index in [0.29, 0.717) is 0 Å². The Morgan fingerprint density at radius 1 is 1.36 bits per heavy atom. The summed E-state index contributed by atoms with van der Waals surface area (Å²) < 4.78 is 14.4. The van der Waals surface area contributed by atoms with Gasteiger partial charge in [-0.3, -0.25) is 0 Å². The van der Waals surface area contributed by atoms with Crippen LogP contribution < -0.4 is 0 Å². The molecule has 0 aromatic heterocycles. The predicted octanol–water partition coefficient (Wildman–Crippen LogP) is 2.92. The van der Waals surface area contributed by atoms with E-state index in [1.54, 1.807) is 6.07 Å². The molecule has 0 atom stereocenters. The van der Waals surface area contributed by atoms with Gasteiger partial charge in [0.25, 0.3) is 0 Å². The minimum atomic E-state index is -0.0735. The molecule has 0 amide bonds. The minimum absolute atomic E-state index is 0.0735. The summed E-state index contributed by atoms with van der Waals surface area (Å²) in [4.78, 5) is 2.12. The van der Waals surface area contributed by atoms with Crippen LogP contribution in [0.5, 0.6) is 0 Å². The molecule has 0 aliphatic rings. The van der Waals surface area contributed by atoms with Crippen LogP contribution in [0.25, 0.3) is 0 Å². The lowest BCUT2D eigenvalue weighted by molar-refractivity contribution is 0.398. The zero-order chi connectivity index (χ0) is 10.6. The fraction of sp³-hybridized carbons (Fsp3) is 0.455. The zero-order valence-electron chi connectivity index (χ0n) is 8.56. The second kappa shape index (κ2) is 5.66. The van der Waals surface area contributed by atoms with Crippen molar-refractivity contribution < 1.29 is 4.39 Å². The third-order valence-corrected chi connectivity index (χ3v) is 3.10. The van der Waals surface area contributed by atoms with Crippen molar-refractivity contribution >= 4 is 22.6 Å². The van der Waals surface area contributed by atoms with Crippen LogP contribution in [0.2, 0.25) is 0 Å². The summed E-state index contributed by atoms with van der Waals surface area (Å²) >= 11 is 2.19. The summed E-state index contributed by atoms with van der Waals surface area (Å²) in [6.45, 7) is 1.00. The Bertz CT molecular complexity index is 279. The Hall–Kier alpha value is -0.160. The van der Waals surface area contributed by atoms with E-state index in [4.69, 9.17) is 0 Å². The predicted molar refractivity (Wildman–Crippen MR) is 66.0 cm³/mol. The number of rotatable bonds is 4. The standard InChI is InChI=1S/C11H15FIN/c1-14(2)8-4-5-9-10(12)6-3-7-11(9)13/h3,6-7H,4-5,8H2,1-2H3. The third kappa shape index (κ3) is 3.53. The van der Waals surface area contributed by atoms with Gasteiger partial charge in [-0.05, 0) is 68.2 Å². The van der Waals surface area contributed by atoms with Gasteiger partial charge in [-0.15, -0.1) is 0 Å². The molecule has 0 unspecified atom stereocenters. The maximum atomic E-state index is 13.4. The highest BCUT2D eigenvalue weighted by Crippen LogP contribution is 2.17. The Labute approximate surface area is 98.4 Å². The number of benzene rings is 1. The van der Waals surface area contributed by atoms with E-state index in [-0.39, 0.29) is 5.82 Å². The zero-order valence-corrected chi connectivity index (χ0v) is 10.7. The van der Waals surface area contributed by atoms with E-state index in [1.807, 2.05) is 20.2 Å². The summed E-state index contributed by atoms with van der Waals surface area (Å²) in [5, 5.41) is 0. The van der Waals surface area contributed by atoms with Gasteiger partial charge < -0.3 is 4.90 Å². The molecule has 1 aromatic carbocycles. The van der Waals surface area contributed by atoms with Crippen molar-refractivity contribution in [1.82, 2.24) is 4.90 Å². The fourth-order valence-electron chi connectivity index (χ4n) is 1.34. The summed E-state index contributed by atoms with van der Waals surface area (Å²) in [6, 6.07) is 5.24. The SMILES string of the molecule is CN(C)CCCc1c(F)cccc1I. The summed E-state index contributed by atoms with van der Waals surface area (Å²) in [5.74, 6) is -0.0735. The molecule has 14 heavy (non-hydrogen) atoms. The van der Waals surface area contributed by atoms with Gasteiger partial charge in [0.1, 0.15) is 5.82 Å². The molecular weight excluding hydrogens is 292 g/mol. The van der Waals surface area contributed by atoms with Crippen molar-refractivity contribution in [2.24, 2.45) is 0 Å². The largest absolute Gasteiger partial charge is 0.309 e. The number of hydrogen-bond acceptors (Lipinski definition) is 1. The molecule has 3 heteroatoms. The van der Waals surface area contributed by atoms with Crippen LogP contribution in [0, 0.1) is 9.39 Å². The summed E-state index contributed by atoms with van der Waals surface area (Å²) in [6.07, 6.45) is 1.83. The molecule has 0 N–H and O–H groups in total. The lowest BCUT2D eigenvalue weighted by Gasteiger charge is -2.10. The highest BCUT2D eigenvalue weighted by Gasteiger charge is 2.05. The van der Waals surface area contributed by atoms with E-state index < -0.39 is 0 Å². The van der Waals surface area contributed by atoms with E-state index in [1.165, 1.54) is 6.07 Å². The molecule has 1 rings (SSSR count). The molecule has 0 spiro atoms. The molecule has 0 aliphatic heterocycles. The van der Waals surface area contributed by atoms with Crippen LogP contribution in [0.1, 0.15) is 12.0 Å². The van der Waals surface area contributed by atoms with E-state index in [2.05, 4.69) is 27.5 Å². The normalized spacial score (nSPS) is 10.9. The van der Waals surface area contributed by atoms with Gasteiger partial charge in [0.15, 0.2) is 0 Å². The van der Waals surface area contributed by atoms with Crippen molar-refractivity contribution in [3.63, 3.8) is 0 Å². The quantitative estimate of drug-likeness (QED) is 0.773. The number of halogens is 2. The van der Waals surface area contributed by atoms with Gasteiger partial charge in [0, 0.05) is 9.13 Å². The molecule has 0 saturated carbocycles. The van der Waals surface area contributed by atoms with Gasteiger partial charge >= 0.3 is 0 Å². The molecule has 0 aliphatic carbocycles. The first-order valence-corrected chi connectivity index (χ1v) is 5.76. The molecule has 1 nitrogen and oxygen atoms in total. The Balaban J connectivity index is 2.58. The van der Waals surface area contributed by atoms with Crippen LogP contribution in [0.4, 0.5) is 4.39 Å². The van der Waals surface area contributed by atoms with E-state index in [0.717, 1.165) is 28.5 Å². The fourth-order valence-corrected chi connectivity index (χ4v) is 2.08. The van der Waals surface area contributed by atoms with Crippen LogP contribution in [0.3, 0.4) is 0 Å². The van der Waals surface area contributed by atoms with Gasteiger partial charge in [-0.2, -0.15) is 0 Å². The average Bonchev–Trinajstić information content (AvgIpc) is 2.09. The second-order valence-corrected chi connectivity index (χ2v) is 4.77.